The van der Waals surface area contributed by atoms with E-state index >= 15 is 0 Å². The average Bonchev–Trinajstić information content (AvgIpc) is 2.25. The first-order chi connectivity index (χ1) is 7.40. The van der Waals surface area contributed by atoms with Crippen LogP contribution in [0, 0.1) is 5.92 Å². The van der Waals surface area contributed by atoms with Gasteiger partial charge in [0.2, 0.25) is 0 Å². The van der Waals surface area contributed by atoms with Crippen LogP contribution in [0.2, 0.25) is 0 Å². The third-order valence-electron chi connectivity index (χ3n) is 2.79. The van der Waals surface area contributed by atoms with Crippen LogP contribution in [0.15, 0.2) is 0 Å². The van der Waals surface area contributed by atoms with Gasteiger partial charge in [-0.05, 0) is 0 Å². The Labute approximate surface area is 141 Å². The van der Waals surface area contributed by atoms with Gasteiger partial charge in [-0.25, -0.2) is 0 Å². The number of hydrogen-bond donors (Lipinski definition) is 4. The van der Waals surface area contributed by atoms with E-state index in [4.69, 9.17) is 9.84 Å². The molecule has 6 atom stereocenters. The summed E-state index contributed by atoms with van der Waals surface area (Å²) in [6.07, 6.45) is -6.89. The predicted octanol–water partition coefficient (Wildman–Crippen LogP) is -6.78. The van der Waals surface area contributed by atoms with Gasteiger partial charge < -0.3 is 35.1 Å². The van der Waals surface area contributed by atoms with Crippen molar-refractivity contribution in [2.24, 2.45) is 5.92 Å². The Kier molecular flexibility index (Phi) is 7.88. The normalized spacial score (nSPS) is 39.2. The van der Waals surface area contributed by atoms with E-state index in [1.165, 1.54) is 6.92 Å². The number of aliphatic hydroxyl groups excluding tert-OH is 4. The molecule has 1 saturated heterocycles. The van der Waals surface area contributed by atoms with Gasteiger partial charge >= 0.3 is 51.4 Å². The molecule has 17 heavy (non-hydrogen) atoms. The number of carboxylic acids is 1. The van der Waals surface area contributed by atoms with Gasteiger partial charge in [-0.15, -0.1) is 0 Å². The summed E-state index contributed by atoms with van der Waals surface area (Å²) in [6, 6.07) is 0. The van der Waals surface area contributed by atoms with Crippen molar-refractivity contribution in [3.63, 3.8) is 0 Å². The molecule has 0 saturated carbocycles. The fourth-order valence-electron chi connectivity index (χ4n) is 1.68. The summed E-state index contributed by atoms with van der Waals surface area (Å²) in [7, 11) is 0. The Bertz CT molecular complexity index is 260. The van der Waals surface area contributed by atoms with Crippen LogP contribution in [0.1, 0.15) is 6.92 Å². The second kappa shape index (κ2) is 7.48. The van der Waals surface area contributed by atoms with E-state index in [-0.39, 0.29) is 51.4 Å². The van der Waals surface area contributed by atoms with Crippen LogP contribution >= 0.6 is 0 Å². The Hall–Kier alpha value is 0.906. The summed E-state index contributed by atoms with van der Waals surface area (Å²) in [5, 5.41) is 47.8. The largest absolute Gasteiger partial charge is 1.00 e. The van der Waals surface area contributed by atoms with Crippen LogP contribution < -0.4 is 56.5 Å². The first-order valence-electron chi connectivity index (χ1n) is 4.91. The SMILES string of the molecule is C[C@H](C(=O)[O-])[C@H]1O[C@H](CO)[C@@H](O)[C@H](O)[C@H]1O.[K+]. The first-order valence-corrected chi connectivity index (χ1v) is 4.91. The van der Waals surface area contributed by atoms with Crippen molar-refractivity contribution in [3.05, 3.63) is 0 Å². The number of ether oxygens (including phenoxy) is 1. The maximum absolute atomic E-state index is 10.6. The molecule has 0 aromatic heterocycles. The monoisotopic (exact) mass is 274 g/mol. The van der Waals surface area contributed by atoms with Crippen molar-refractivity contribution >= 4 is 5.97 Å². The Morgan fingerprint density at radius 2 is 1.82 bits per heavy atom. The molecule has 7 nitrogen and oxygen atoms in total. The fraction of sp³-hybridized carbons (Fsp3) is 0.889. The Morgan fingerprint density at radius 1 is 1.29 bits per heavy atom. The summed E-state index contributed by atoms with van der Waals surface area (Å²) < 4.78 is 5.02. The molecule has 1 rings (SSSR count). The summed E-state index contributed by atoms with van der Waals surface area (Å²) >= 11 is 0. The molecule has 0 aromatic carbocycles. The minimum Gasteiger partial charge on any atom is -0.550 e. The van der Waals surface area contributed by atoms with E-state index in [1.54, 1.807) is 0 Å². The third kappa shape index (κ3) is 3.93. The van der Waals surface area contributed by atoms with Crippen molar-refractivity contribution in [3.8, 4) is 0 Å². The van der Waals surface area contributed by atoms with Gasteiger partial charge in [0.05, 0.1) is 12.7 Å². The van der Waals surface area contributed by atoms with Crippen LogP contribution in [0.4, 0.5) is 0 Å². The molecular formula is C9H15KO7. The molecule has 0 aliphatic carbocycles. The molecule has 1 aliphatic heterocycles. The van der Waals surface area contributed by atoms with Gasteiger partial charge in [-0.1, -0.05) is 6.92 Å². The fourth-order valence-corrected chi connectivity index (χ4v) is 1.68. The molecular weight excluding hydrogens is 259 g/mol. The molecule has 0 unspecified atom stereocenters. The number of carboxylic acid groups (broad SMARTS) is 1. The van der Waals surface area contributed by atoms with E-state index in [9.17, 15) is 25.2 Å². The van der Waals surface area contributed by atoms with E-state index in [2.05, 4.69) is 0 Å². The number of hydrogen-bond acceptors (Lipinski definition) is 7. The van der Waals surface area contributed by atoms with Crippen molar-refractivity contribution in [2.45, 2.75) is 37.4 Å². The molecule has 1 aliphatic rings. The first kappa shape index (κ1) is 17.9. The molecule has 0 spiro atoms. The molecule has 8 heteroatoms. The zero-order chi connectivity index (χ0) is 12.5. The molecule has 1 heterocycles. The number of rotatable bonds is 3. The van der Waals surface area contributed by atoms with Gasteiger partial charge in [-0.3, -0.25) is 0 Å². The Balaban J connectivity index is 0.00000256. The molecule has 1 fully saturated rings. The summed E-state index contributed by atoms with van der Waals surface area (Å²) in [5.74, 6) is -2.60. The van der Waals surface area contributed by atoms with Crippen LogP contribution in [0.3, 0.4) is 0 Å². The zero-order valence-electron chi connectivity index (χ0n) is 9.68. The summed E-state index contributed by atoms with van der Waals surface area (Å²) in [5.41, 5.74) is 0. The average molecular weight is 274 g/mol. The summed E-state index contributed by atoms with van der Waals surface area (Å²) in [6.45, 7) is 0.670. The van der Waals surface area contributed by atoms with E-state index < -0.39 is 49.0 Å². The maximum Gasteiger partial charge on any atom is 1.00 e. The number of aliphatic hydroxyl groups is 4. The molecule has 0 aromatic rings. The van der Waals surface area contributed by atoms with Crippen LogP contribution in [0.5, 0.6) is 0 Å². The van der Waals surface area contributed by atoms with E-state index in [0.29, 0.717) is 0 Å². The van der Waals surface area contributed by atoms with Crippen molar-refractivity contribution in [2.75, 3.05) is 6.61 Å². The van der Waals surface area contributed by atoms with E-state index in [1.807, 2.05) is 0 Å². The minimum absolute atomic E-state index is 0. The van der Waals surface area contributed by atoms with Gasteiger partial charge in [0.1, 0.15) is 24.4 Å². The van der Waals surface area contributed by atoms with Crippen molar-refractivity contribution in [1.82, 2.24) is 0 Å². The predicted molar refractivity (Wildman–Crippen MR) is 47.9 cm³/mol. The van der Waals surface area contributed by atoms with Crippen molar-refractivity contribution < 1.29 is 86.4 Å². The topological polar surface area (TPSA) is 130 Å². The van der Waals surface area contributed by atoms with Crippen molar-refractivity contribution in [1.29, 1.82) is 0 Å². The minimum atomic E-state index is -1.56. The standard InChI is InChI=1S/C9H16O7.K/c1-3(9(14)15)8-7(13)6(12)5(11)4(2-10)16-8;/h3-8,10-13H,2H2,1H3,(H,14,15);/q;+1/p-1/t3-,4+,5+,6-,7+,8+;/m0./s1. The molecule has 94 valence electrons. The van der Waals surface area contributed by atoms with Crippen LogP contribution in [-0.2, 0) is 9.53 Å². The zero-order valence-corrected chi connectivity index (χ0v) is 12.8. The maximum atomic E-state index is 10.6. The second-order valence-corrected chi connectivity index (χ2v) is 3.90. The molecule has 0 amide bonds. The van der Waals surface area contributed by atoms with Crippen LogP contribution in [-0.4, -0.2) is 63.5 Å². The second-order valence-electron chi connectivity index (χ2n) is 3.90. The smallest absolute Gasteiger partial charge is 0.550 e. The van der Waals surface area contributed by atoms with Gasteiger partial charge in [0.15, 0.2) is 0 Å². The van der Waals surface area contributed by atoms with Crippen LogP contribution in [0.25, 0.3) is 0 Å². The molecule has 0 radical (unpaired) electrons. The molecule has 4 N–H and O–H groups in total. The number of carbonyl (C=O) groups is 1. The number of carbonyl (C=O) groups excluding carboxylic acids is 1. The van der Waals surface area contributed by atoms with Gasteiger partial charge in [0, 0.05) is 11.9 Å². The summed E-state index contributed by atoms with van der Waals surface area (Å²) in [4.78, 5) is 10.6. The van der Waals surface area contributed by atoms with Gasteiger partial charge in [0.25, 0.3) is 0 Å². The quantitative estimate of drug-likeness (QED) is 0.376. The number of aliphatic carboxylic acids is 1. The third-order valence-corrected chi connectivity index (χ3v) is 2.79. The Morgan fingerprint density at radius 3 is 2.24 bits per heavy atom. The van der Waals surface area contributed by atoms with Gasteiger partial charge in [-0.2, -0.15) is 0 Å². The van der Waals surface area contributed by atoms with E-state index in [0.717, 1.165) is 0 Å². The molecule has 0 bridgehead atoms.